The van der Waals surface area contributed by atoms with Crippen molar-refractivity contribution >= 4 is 17.5 Å². The lowest BCUT2D eigenvalue weighted by atomic mass is 10.1. The van der Waals surface area contributed by atoms with Gasteiger partial charge in [-0.2, -0.15) is 0 Å². The molecule has 1 saturated heterocycles. The molecule has 0 aliphatic carbocycles. The lowest BCUT2D eigenvalue weighted by Crippen LogP contribution is -2.54. The first kappa shape index (κ1) is 18.1. The van der Waals surface area contributed by atoms with Crippen LogP contribution in [0.15, 0.2) is 67.0 Å². The molecule has 1 aliphatic rings. The predicted octanol–water partition coefficient (Wildman–Crippen LogP) is 3.57. The SMILES string of the molecule is Cc1ccccc1COC1CN(C(=O)c2cnc(Nc3ccccc3)nc2)C1. The molecular formula is C22H22N4O2. The van der Waals surface area contributed by atoms with Gasteiger partial charge < -0.3 is 15.0 Å². The highest BCUT2D eigenvalue weighted by Gasteiger charge is 2.32. The molecule has 6 heteroatoms. The summed E-state index contributed by atoms with van der Waals surface area (Å²) < 4.78 is 5.91. The van der Waals surface area contributed by atoms with Crippen LogP contribution in [-0.4, -0.2) is 40.0 Å². The highest BCUT2D eigenvalue weighted by Crippen LogP contribution is 2.19. The summed E-state index contributed by atoms with van der Waals surface area (Å²) in [6.45, 7) is 3.83. The number of nitrogens with zero attached hydrogens (tertiary/aromatic N) is 3. The molecule has 3 aromatic rings. The first-order valence-corrected chi connectivity index (χ1v) is 9.28. The van der Waals surface area contributed by atoms with Crippen LogP contribution >= 0.6 is 0 Å². The number of nitrogens with one attached hydrogen (secondary N) is 1. The highest BCUT2D eigenvalue weighted by atomic mass is 16.5. The molecule has 1 aromatic heterocycles. The topological polar surface area (TPSA) is 67.3 Å². The normalized spacial score (nSPS) is 13.8. The van der Waals surface area contributed by atoms with Crippen LogP contribution in [0.2, 0.25) is 0 Å². The fourth-order valence-corrected chi connectivity index (χ4v) is 3.03. The van der Waals surface area contributed by atoms with E-state index in [2.05, 4.69) is 34.3 Å². The van der Waals surface area contributed by atoms with E-state index in [1.165, 1.54) is 11.1 Å². The number of aryl methyl sites for hydroxylation is 1. The number of rotatable bonds is 6. The number of benzene rings is 2. The summed E-state index contributed by atoms with van der Waals surface area (Å²) in [4.78, 5) is 22.8. The minimum atomic E-state index is -0.0676. The first-order valence-electron chi connectivity index (χ1n) is 9.28. The van der Waals surface area contributed by atoms with E-state index in [4.69, 9.17) is 4.74 Å². The Bertz CT molecular complexity index is 938. The standard InChI is InChI=1S/C22H22N4O2/c1-16-7-5-6-8-17(16)15-28-20-13-26(14-20)21(27)18-11-23-22(24-12-18)25-19-9-3-2-4-10-19/h2-12,20H,13-15H2,1H3,(H,23,24,25). The van der Waals surface area contributed by atoms with Crippen molar-refractivity contribution in [1.29, 1.82) is 0 Å². The number of carbonyl (C=O) groups excluding carboxylic acids is 1. The van der Waals surface area contributed by atoms with Gasteiger partial charge in [0.1, 0.15) is 0 Å². The van der Waals surface area contributed by atoms with Gasteiger partial charge in [0.2, 0.25) is 5.95 Å². The van der Waals surface area contributed by atoms with Gasteiger partial charge in [0.25, 0.3) is 5.91 Å². The predicted molar refractivity (Wildman–Crippen MR) is 107 cm³/mol. The molecule has 0 bridgehead atoms. The van der Waals surface area contributed by atoms with E-state index >= 15 is 0 Å². The molecule has 1 amide bonds. The van der Waals surface area contributed by atoms with Crippen LogP contribution in [0.25, 0.3) is 0 Å². The largest absolute Gasteiger partial charge is 0.370 e. The quantitative estimate of drug-likeness (QED) is 0.714. The maximum absolute atomic E-state index is 12.5. The number of aromatic nitrogens is 2. The van der Waals surface area contributed by atoms with Crippen molar-refractivity contribution in [3.8, 4) is 0 Å². The summed E-state index contributed by atoms with van der Waals surface area (Å²) in [6, 6.07) is 17.8. The number of para-hydroxylation sites is 1. The average molecular weight is 374 g/mol. The summed E-state index contributed by atoms with van der Waals surface area (Å²) in [5.74, 6) is 0.396. The van der Waals surface area contributed by atoms with Gasteiger partial charge in [0, 0.05) is 31.2 Å². The lowest BCUT2D eigenvalue weighted by Gasteiger charge is -2.38. The summed E-state index contributed by atoms with van der Waals surface area (Å²) in [7, 11) is 0. The molecule has 28 heavy (non-hydrogen) atoms. The van der Waals surface area contributed by atoms with Gasteiger partial charge in [-0.15, -0.1) is 0 Å². The van der Waals surface area contributed by atoms with Crippen LogP contribution < -0.4 is 5.32 Å². The van der Waals surface area contributed by atoms with Gasteiger partial charge in [0.05, 0.1) is 18.3 Å². The van der Waals surface area contributed by atoms with Gasteiger partial charge in [-0.25, -0.2) is 9.97 Å². The van der Waals surface area contributed by atoms with Gasteiger partial charge in [-0.1, -0.05) is 42.5 Å². The maximum atomic E-state index is 12.5. The number of anilines is 2. The summed E-state index contributed by atoms with van der Waals surface area (Å²) in [5, 5.41) is 3.10. The highest BCUT2D eigenvalue weighted by molar-refractivity contribution is 5.94. The van der Waals surface area contributed by atoms with Crippen LogP contribution in [0.1, 0.15) is 21.5 Å². The Balaban J connectivity index is 1.27. The van der Waals surface area contributed by atoms with Gasteiger partial charge in [-0.05, 0) is 30.2 Å². The lowest BCUT2D eigenvalue weighted by molar-refractivity contribution is -0.0504. The monoisotopic (exact) mass is 374 g/mol. The van der Waals surface area contributed by atoms with Crippen LogP contribution in [0.3, 0.4) is 0 Å². The van der Waals surface area contributed by atoms with E-state index in [1.807, 2.05) is 42.5 Å². The molecule has 0 radical (unpaired) electrons. The third-order valence-corrected chi connectivity index (χ3v) is 4.80. The van der Waals surface area contributed by atoms with Crippen molar-refractivity contribution in [1.82, 2.24) is 14.9 Å². The molecule has 4 rings (SSSR count). The second-order valence-electron chi connectivity index (χ2n) is 6.86. The Morgan fingerprint density at radius 2 is 1.75 bits per heavy atom. The van der Waals surface area contributed by atoms with E-state index in [0.29, 0.717) is 31.2 Å². The number of likely N-dealkylation sites (tertiary alicyclic amines) is 1. The fourth-order valence-electron chi connectivity index (χ4n) is 3.03. The summed E-state index contributed by atoms with van der Waals surface area (Å²) in [5.41, 5.74) is 3.78. The number of hydrogen-bond acceptors (Lipinski definition) is 5. The number of hydrogen-bond donors (Lipinski definition) is 1. The van der Waals surface area contributed by atoms with E-state index in [-0.39, 0.29) is 12.0 Å². The van der Waals surface area contributed by atoms with Crippen molar-refractivity contribution in [3.63, 3.8) is 0 Å². The van der Waals surface area contributed by atoms with Crippen molar-refractivity contribution in [2.45, 2.75) is 19.6 Å². The van der Waals surface area contributed by atoms with Crippen molar-refractivity contribution in [2.24, 2.45) is 0 Å². The minimum absolute atomic E-state index is 0.0676. The van der Waals surface area contributed by atoms with Crippen LogP contribution in [-0.2, 0) is 11.3 Å². The Hall–Kier alpha value is -3.25. The molecule has 0 unspecified atom stereocenters. The van der Waals surface area contributed by atoms with Crippen LogP contribution in [0.5, 0.6) is 0 Å². The average Bonchev–Trinajstić information content (AvgIpc) is 2.69. The molecule has 2 heterocycles. The third kappa shape index (κ3) is 4.18. The zero-order valence-corrected chi connectivity index (χ0v) is 15.7. The van der Waals surface area contributed by atoms with E-state index in [1.54, 1.807) is 17.3 Å². The Morgan fingerprint density at radius 3 is 2.46 bits per heavy atom. The smallest absolute Gasteiger partial charge is 0.257 e. The zero-order valence-electron chi connectivity index (χ0n) is 15.7. The second kappa shape index (κ2) is 8.19. The number of amides is 1. The van der Waals surface area contributed by atoms with E-state index in [9.17, 15) is 4.79 Å². The van der Waals surface area contributed by atoms with E-state index < -0.39 is 0 Å². The molecule has 2 aromatic carbocycles. The molecule has 1 fully saturated rings. The van der Waals surface area contributed by atoms with Gasteiger partial charge in [-0.3, -0.25) is 4.79 Å². The molecule has 0 saturated carbocycles. The summed E-state index contributed by atoms with van der Waals surface area (Å²) >= 11 is 0. The molecule has 142 valence electrons. The molecular weight excluding hydrogens is 352 g/mol. The Kier molecular flexibility index (Phi) is 5.30. The van der Waals surface area contributed by atoms with Gasteiger partial charge >= 0.3 is 0 Å². The van der Waals surface area contributed by atoms with Gasteiger partial charge in [0.15, 0.2) is 0 Å². The Morgan fingerprint density at radius 1 is 1.07 bits per heavy atom. The molecule has 1 aliphatic heterocycles. The molecule has 0 spiro atoms. The summed E-state index contributed by atoms with van der Waals surface area (Å²) in [6.07, 6.45) is 3.19. The molecule has 0 atom stereocenters. The maximum Gasteiger partial charge on any atom is 0.257 e. The zero-order chi connectivity index (χ0) is 19.3. The van der Waals surface area contributed by atoms with Crippen molar-refractivity contribution in [3.05, 3.63) is 83.7 Å². The Labute approximate surface area is 164 Å². The first-order chi connectivity index (χ1) is 13.7. The fraction of sp³-hybridized carbons (Fsp3) is 0.227. The number of carbonyl (C=O) groups is 1. The molecule has 1 N–H and O–H groups in total. The second-order valence-corrected chi connectivity index (χ2v) is 6.86. The molecule has 6 nitrogen and oxygen atoms in total. The van der Waals surface area contributed by atoms with E-state index in [0.717, 1.165) is 5.69 Å². The van der Waals surface area contributed by atoms with Crippen molar-refractivity contribution in [2.75, 3.05) is 18.4 Å². The van der Waals surface area contributed by atoms with Crippen LogP contribution in [0, 0.1) is 6.92 Å². The third-order valence-electron chi connectivity index (χ3n) is 4.80. The van der Waals surface area contributed by atoms with Crippen LogP contribution in [0.4, 0.5) is 11.6 Å². The number of ether oxygens (including phenoxy) is 1. The van der Waals surface area contributed by atoms with Crippen molar-refractivity contribution < 1.29 is 9.53 Å². The minimum Gasteiger partial charge on any atom is -0.370 e.